The topological polar surface area (TPSA) is 81.7 Å². The molecule has 6 nitrogen and oxygen atoms in total. The highest BCUT2D eigenvalue weighted by Gasteiger charge is 2.41. The number of ether oxygens (including phenoxy) is 1. The van der Waals surface area contributed by atoms with Crippen molar-refractivity contribution in [3.8, 4) is 0 Å². The SMILES string of the molecule is CCCC(CCOC(=O)C(F)(F)F)C(=O)ONC(=O)C1CCCCC1. The first-order chi connectivity index (χ1) is 11.8. The Morgan fingerprint density at radius 2 is 1.76 bits per heavy atom. The average Bonchev–Trinajstić information content (AvgIpc) is 2.58. The summed E-state index contributed by atoms with van der Waals surface area (Å²) in [6.07, 6.45) is 0.251. The summed E-state index contributed by atoms with van der Waals surface area (Å²) >= 11 is 0. The van der Waals surface area contributed by atoms with E-state index in [-0.39, 0.29) is 18.2 Å². The Kier molecular flexibility index (Phi) is 8.71. The monoisotopic (exact) mass is 367 g/mol. The number of rotatable bonds is 7. The van der Waals surface area contributed by atoms with Gasteiger partial charge < -0.3 is 9.57 Å². The molecule has 1 amide bonds. The van der Waals surface area contributed by atoms with Crippen molar-refractivity contribution in [2.75, 3.05) is 6.61 Å². The molecule has 9 heteroatoms. The van der Waals surface area contributed by atoms with E-state index in [1.165, 1.54) is 0 Å². The minimum absolute atomic E-state index is 0.103. The molecule has 1 unspecified atom stereocenters. The summed E-state index contributed by atoms with van der Waals surface area (Å²) in [5.74, 6) is -4.32. The van der Waals surface area contributed by atoms with Crippen LogP contribution in [0.25, 0.3) is 0 Å². The largest absolute Gasteiger partial charge is 0.490 e. The summed E-state index contributed by atoms with van der Waals surface area (Å²) in [5, 5.41) is 0. The van der Waals surface area contributed by atoms with Crippen molar-refractivity contribution in [1.29, 1.82) is 0 Å². The first-order valence-electron chi connectivity index (χ1n) is 8.50. The number of carbonyl (C=O) groups excluding carboxylic acids is 3. The Bertz CT molecular complexity index is 461. The molecule has 144 valence electrons. The van der Waals surface area contributed by atoms with E-state index in [0.717, 1.165) is 32.1 Å². The molecule has 1 N–H and O–H groups in total. The third-order valence-corrected chi connectivity index (χ3v) is 4.13. The molecule has 0 aromatic heterocycles. The van der Waals surface area contributed by atoms with E-state index in [4.69, 9.17) is 4.84 Å². The Morgan fingerprint density at radius 1 is 1.12 bits per heavy atom. The van der Waals surface area contributed by atoms with Crippen LogP contribution in [-0.4, -0.2) is 30.6 Å². The second-order valence-electron chi connectivity index (χ2n) is 6.13. The highest BCUT2D eigenvalue weighted by atomic mass is 19.4. The summed E-state index contributed by atoms with van der Waals surface area (Å²) in [4.78, 5) is 39.3. The second kappa shape index (κ2) is 10.2. The van der Waals surface area contributed by atoms with Gasteiger partial charge in [0.2, 0.25) is 0 Å². The van der Waals surface area contributed by atoms with Gasteiger partial charge in [0.05, 0.1) is 12.5 Å². The molecule has 0 heterocycles. The second-order valence-corrected chi connectivity index (χ2v) is 6.13. The minimum Gasteiger partial charge on any atom is -0.459 e. The molecule has 0 aromatic rings. The van der Waals surface area contributed by atoms with Crippen LogP contribution in [0.3, 0.4) is 0 Å². The highest BCUT2D eigenvalue weighted by Crippen LogP contribution is 2.24. The summed E-state index contributed by atoms with van der Waals surface area (Å²) in [6, 6.07) is 0. The van der Waals surface area contributed by atoms with Crippen LogP contribution in [0.5, 0.6) is 0 Å². The van der Waals surface area contributed by atoms with Gasteiger partial charge in [0.25, 0.3) is 5.91 Å². The fourth-order valence-corrected chi connectivity index (χ4v) is 2.74. The predicted molar refractivity (Wildman–Crippen MR) is 80.8 cm³/mol. The maximum atomic E-state index is 12.1. The predicted octanol–water partition coefficient (Wildman–Crippen LogP) is 3.05. The summed E-state index contributed by atoms with van der Waals surface area (Å²) in [7, 11) is 0. The van der Waals surface area contributed by atoms with Gasteiger partial charge in [-0.15, -0.1) is 0 Å². The molecule has 0 spiro atoms. The molecule has 1 rings (SSSR count). The van der Waals surface area contributed by atoms with Gasteiger partial charge in [-0.05, 0) is 25.7 Å². The Labute approximate surface area is 144 Å². The van der Waals surface area contributed by atoms with Gasteiger partial charge in [-0.1, -0.05) is 32.6 Å². The summed E-state index contributed by atoms with van der Waals surface area (Å²) in [5.41, 5.74) is 2.14. The summed E-state index contributed by atoms with van der Waals surface area (Å²) < 4.78 is 40.3. The van der Waals surface area contributed by atoms with Crippen molar-refractivity contribution < 1.29 is 37.1 Å². The number of alkyl halides is 3. The van der Waals surface area contributed by atoms with E-state index >= 15 is 0 Å². The zero-order valence-corrected chi connectivity index (χ0v) is 14.2. The number of hydrogen-bond donors (Lipinski definition) is 1. The van der Waals surface area contributed by atoms with Crippen molar-refractivity contribution >= 4 is 17.8 Å². The van der Waals surface area contributed by atoms with Gasteiger partial charge in [-0.25, -0.2) is 9.59 Å². The number of amides is 1. The van der Waals surface area contributed by atoms with Gasteiger partial charge in [-0.3, -0.25) is 4.79 Å². The quantitative estimate of drug-likeness (QED) is 0.552. The molecule has 0 radical (unpaired) electrons. The Hall–Kier alpha value is -1.80. The van der Waals surface area contributed by atoms with Gasteiger partial charge >= 0.3 is 18.1 Å². The maximum absolute atomic E-state index is 12.1. The number of carbonyl (C=O) groups is 3. The first-order valence-corrected chi connectivity index (χ1v) is 8.50. The van der Waals surface area contributed by atoms with Crippen LogP contribution in [0.4, 0.5) is 13.2 Å². The van der Waals surface area contributed by atoms with Gasteiger partial charge in [0.1, 0.15) is 0 Å². The lowest BCUT2D eigenvalue weighted by Gasteiger charge is -2.21. The number of hydroxylamine groups is 1. The van der Waals surface area contributed by atoms with E-state index in [9.17, 15) is 27.6 Å². The molecule has 0 saturated heterocycles. The smallest absolute Gasteiger partial charge is 0.459 e. The van der Waals surface area contributed by atoms with Crippen LogP contribution in [0, 0.1) is 11.8 Å². The van der Waals surface area contributed by atoms with Crippen molar-refractivity contribution in [3.05, 3.63) is 0 Å². The van der Waals surface area contributed by atoms with E-state index in [0.29, 0.717) is 12.8 Å². The molecule has 0 aliphatic heterocycles. The molecular weight excluding hydrogens is 343 g/mol. The van der Waals surface area contributed by atoms with Crippen molar-refractivity contribution in [1.82, 2.24) is 5.48 Å². The van der Waals surface area contributed by atoms with Gasteiger partial charge in [0, 0.05) is 5.92 Å². The zero-order valence-electron chi connectivity index (χ0n) is 14.2. The molecule has 1 aliphatic rings. The van der Waals surface area contributed by atoms with E-state index in [2.05, 4.69) is 10.2 Å². The molecule has 1 atom stereocenters. The van der Waals surface area contributed by atoms with Crippen LogP contribution in [-0.2, 0) is 24.0 Å². The maximum Gasteiger partial charge on any atom is 0.490 e. The molecule has 25 heavy (non-hydrogen) atoms. The molecule has 0 aromatic carbocycles. The van der Waals surface area contributed by atoms with Crippen molar-refractivity contribution in [3.63, 3.8) is 0 Å². The number of nitrogens with one attached hydrogen (secondary N) is 1. The minimum atomic E-state index is -5.06. The van der Waals surface area contributed by atoms with E-state index in [1.54, 1.807) is 6.92 Å². The average molecular weight is 367 g/mol. The van der Waals surface area contributed by atoms with Crippen LogP contribution in [0.1, 0.15) is 58.3 Å². The van der Waals surface area contributed by atoms with Crippen LogP contribution in [0.15, 0.2) is 0 Å². The van der Waals surface area contributed by atoms with E-state index < -0.39 is 30.6 Å². The normalized spacial score (nSPS) is 16.8. The Balaban J connectivity index is 2.39. The fraction of sp³-hybridized carbons (Fsp3) is 0.812. The number of esters is 1. The van der Waals surface area contributed by atoms with Gasteiger partial charge in [0.15, 0.2) is 0 Å². The number of hydrogen-bond acceptors (Lipinski definition) is 5. The highest BCUT2D eigenvalue weighted by molar-refractivity contribution is 5.80. The summed E-state index contributed by atoms with van der Waals surface area (Å²) in [6.45, 7) is 1.25. The van der Waals surface area contributed by atoms with E-state index in [1.807, 2.05) is 0 Å². The van der Waals surface area contributed by atoms with Crippen molar-refractivity contribution in [2.45, 2.75) is 64.5 Å². The van der Waals surface area contributed by atoms with Crippen molar-refractivity contribution in [2.24, 2.45) is 11.8 Å². The molecule has 1 saturated carbocycles. The zero-order chi connectivity index (χ0) is 18.9. The Morgan fingerprint density at radius 3 is 2.32 bits per heavy atom. The fourth-order valence-electron chi connectivity index (χ4n) is 2.74. The first kappa shape index (κ1) is 21.2. The molecule has 1 aliphatic carbocycles. The standard InChI is InChI=1S/C16H24F3NO5/c1-2-6-12(9-10-24-15(23)16(17,18)19)14(22)25-20-13(21)11-7-4-3-5-8-11/h11-12H,2-10H2,1H3,(H,20,21). The molecule has 1 fully saturated rings. The number of halogens is 3. The third kappa shape index (κ3) is 7.74. The lowest BCUT2D eigenvalue weighted by molar-refractivity contribution is -0.200. The molecular formula is C16H24F3NO5. The lowest BCUT2D eigenvalue weighted by Crippen LogP contribution is -2.36. The van der Waals surface area contributed by atoms with Crippen LogP contribution < -0.4 is 5.48 Å². The van der Waals surface area contributed by atoms with Crippen LogP contribution in [0.2, 0.25) is 0 Å². The molecule has 0 bridgehead atoms. The van der Waals surface area contributed by atoms with Gasteiger partial charge in [-0.2, -0.15) is 18.7 Å². The third-order valence-electron chi connectivity index (χ3n) is 4.13. The lowest BCUT2D eigenvalue weighted by atomic mass is 9.89. The van der Waals surface area contributed by atoms with Crippen LogP contribution >= 0.6 is 0 Å².